The van der Waals surface area contributed by atoms with E-state index < -0.39 is 58.5 Å². The molecule has 0 radical (unpaired) electrons. The molecule has 0 unspecified atom stereocenters. The predicted octanol–water partition coefficient (Wildman–Crippen LogP) is 1.71. The Labute approximate surface area is 337 Å². The van der Waals surface area contributed by atoms with E-state index in [2.05, 4.69) is 50.2 Å². The van der Waals surface area contributed by atoms with Gasteiger partial charge in [0.25, 0.3) is 0 Å². The third-order valence-corrected chi connectivity index (χ3v) is 11.9. The standard InChI is InChI=1S/C39H43N11O8S/c40-59(57,58)26-13-11-24(12-14-26)43-38(55)44-25-15-16-48(19-25)37-46-34(41-18-27(22-7-3-1-4-8-22)23-9-5-2-6-10-23)31-35(47-37)49(21-42-31)29-17-30(33(53)32(29)52)50-36(54)28(20-51)45-39(50)56/h1-14,21,25,27,29-30,32-33,51-54H,15-20H2,(H,45,56)(H2,40,57,58)(H,41,46,47)(H2,43,44,55)/t25-,29-,30+,32+,33-/m1/s1. The van der Waals surface area contributed by atoms with Gasteiger partial charge in [-0.15, -0.1) is 0 Å². The molecule has 3 aromatic carbocycles. The van der Waals surface area contributed by atoms with Crippen LogP contribution in [0.5, 0.6) is 5.88 Å². The molecular formula is C39H43N11O8S. The number of aliphatic hydroxyl groups excluding tert-OH is 3. The number of carbonyl (C=O) groups excluding carboxylic acids is 1. The predicted molar refractivity (Wildman–Crippen MR) is 216 cm³/mol. The Hall–Kier alpha value is -6.32. The first kappa shape index (κ1) is 39.5. The van der Waals surface area contributed by atoms with Crippen molar-refractivity contribution in [2.45, 2.75) is 60.6 Å². The number of aromatic amines is 1. The second kappa shape index (κ2) is 16.1. The molecule has 4 heterocycles. The third kappa shape index (κ3) is 7.95. The number of amides is 2. The number of rotatable bonds is 12. The zero-order valence-corrected chi connectivity index (χ0v) is 32.3. The van der Waals surface area contributed by atoms with Crippen LogP contribution in [0.1, 0.15) is 47.7 Å². The van der Waals surface area contributed by atoms with Crippen molar-refractivity contribution >= 4 is 44.7 Å². The molecule has 1 saturated heterocycles. The number of benzene rings is 3. The van der Waals surface area contributed by atoms with E-state index in [1.165, 1.54) is 30.6 Å². The van der Waals surface area contributed by atoms with E-state index in [1.54, 1.807) is 4.57 Å². The molecule has 1 aliphatic heterocycles. The van der Waals surface area contributed by atoms with Crippen molar-refractivity contribution in [2.75, 3.05) is 35.2 Å². The van der Waals surface area contributed by atoms with Gasteiger partial charge < -0.3 is 50.8 Å². The summed E-state index contributed by atoms with van der Waals surface area (Å²) in [5.41, 5.74) is 2.41. The van der Waals surface area contributed by atoms with Crippen LogP contribution < -0.4 is 31.7 Å². The molecule has 308 valence electrons. The van der Waals surface area contributed by atoms with Crippen molar-refractivity contribution in [2.24, 2.45) is 5.14 Å². The van der Waals surface area contributed by atoms with Gasteiger partial charge in [0, 0.05) is 37.3 Å². The topological polar surface area (TPSA) is 279 Å². The lowest BCUT2D eigenvalue weighted by Crippen LogP contribution is -2.40. The molecule has 3 aromatic heterocycles. The summed E-state index contributed by atoms with van der Waals surface area (Å²) in [4.78, 5) is 44.5. The Bertz CT molecular complexity index is 2580. The summed E-state index contributed by atoms with van der Waals surface area (Å²) in [6.45, 7) is 0.599. The molecule has 2 aliphatic rings. The number of nitrogens with one attached hydrogen (secondary N) is 4. The van der Waals surface area contributed by atoms with Crippen LogP contribution in [0.25, 0.3) is 11.2 Å². The number of imidazole rings is 2. The number of aromatic hydroxyl groups is 1. The van der Waals surface area contributed by atoms with Crippen molar-refractivity contribution in [3.05, 3.63) is 119 Å². The smallest absolute Gasteiger partial charge is 0.329 e. The lowest BCUT2D eigenvalue weighted by molar-refractivity contribution is 0.00758. The number of aliphatic hydroxyl groups is 3. The Balaban J connectivity index is 1.09. The summed E-state index contributed by atoms with van der Waals surface area (Å²) in [5.74, 6) is 0.122. The van der Waals surface area contributed by atoms with E-state index in [4.69, 9.17) is 15.1 Å². The number of nitrogens with zero attached hydrogens (tertiary/aromatic N) is 6. The Morgan fingerprint density at radius 3 is 2.24 bits per heavy atom. The highest BCUT2D eigenvalue weighted by Gasteiger charge is 2.46. The summed E-state index contributed by atoms with van der Waals surface area (Å²) in [5, 5.41) is 57.3. The molecule has 19 nitrogen and oxygen atoms in total. The van der Waals surface area contributed by atoms with E-state index >= 15 is 0 Å². The maximum absolute atomic E-state index is 13.0. The number of sulfonamides is 1. The molecule has 1 saturated carbocycles. The van der Waals surface area contributed by atoms with Gasteiger partial charge in [0.15, 0.2) is 17.0 Å². The fourth-order valence-electron chi connectivity index (χ4n) is 7.97. The molecule has 2 fully saturated rings. The highest BCUT2D eigenvalue weighted by atomic mass is 32.2. The average molecular weight is 826 g/mol. The zero-order chi connectivity index (χ0) is 41.4. The lowest BCUT2D eigenvalue weighted by Gasteiger charge is -2.22. The SMILES string of the molecule is NS(=O)(=O)c1ccc(NC(=O)N[C@@H]2CCN(c3nc(NCC(c4ccccc4)c4ccccc4)c4ncn([C@@H]5C[C@H](n6c(O)c(CO)[nH]c6=O)[C@@H](O)[C@H]5O)c4n3)C2)cc1. The van der Waals surface area contributed by atoms with Gasteiger partial charge in [-0.25, -0.2) is 28.1 Å². The molecule has 5 atom stereocenters. The number of carbonyl (C=O) groups is 1. The normalized spacial score (nSPS) is 20.7. The van der Waals surface area contributed by atoms with Crippen LogP contribution in [0.2, 0.25) is 0 Å². The van der Waals surface area contributed by atoms with Gasteiger partial charge in [-0.2, -0.15) is 9.97 Å². The molecule has 20 heteroatoms. The number of urea groups is 1. The number of hydrogen-bond donors (Lipinski definition) is 9. The monoisotopic (exact) mass is 825 g/mol. The summed E-state index contributed by atoms with van der Waals surface area (Å²) in [6.07, 6.45) is -0.822. The van der Waals surface area contributed by atoms with Gasteiger partial charge in [-0.1, -0.05) is 60.7 Å². The molecule has 10 N–H and O–H groups in total. The van der Waals surface area contributed by atoms with Crippen LogP contribution in [-0.2, 0) is 16.6 Å². The molecule has 6 aromatic rings. The van der Waals surface area contributed by atoms with E-state index in [9.17, 15) is 38.4 Å². The van der Waals surface area contributed by atoms with Gasteiger partial charge in [0.1, 0.15) is 17.9 Å². The van der Waals surface area contributed by atoms with E-state index in [0.29, 0.717) is 54.7 Å². The van der Waals surface area contributed by atoms with Gasteiger partial charge in [-0.05, 0) is 48.2 Å². The van der Waals surface area contributed by atoms with Crippen LogP contribution >= 0.6 is 0 Å². The van der Waals surface area contributed by atoms with Crippen LogP contribution in [0.15, 0.2) is 101 Å². The fraction of sp³-hybridized carbons (Fsp3) is 0.308. The molecule has 0 bridgehead atoms. The van der Waals surface area contributed by atoms with Crippen molar-refractivity contribution in [3.8, 4) is 5.88 Å². The van der Waals surface area contributed by atoms with Gasteiger partial charge in [0.05, 0.1) is 29.9 Å². The summed E-state index contributed by atoms with van der Waals surface area (Å²) < 4.78 is 25.8. The molecule has 1 aliphatic carbocycles. The van der Waals surface area contributed by atoms with Crippen molar-refractivity contribution in [3.63, 3.8) is 0 Å². The Morgan fingerprint density at radius 1 is 0.949 bits per heavy atom. The number of fused-ring (bicyclic) bond motifs is 1. The maximum Gasteiger partial charge on any atom is 0.329 e. The lowest BCUT2D eigenvalue weighted by atomic mass is 9.91. The van der Waals surface area contributed by atoms with Crippen molar-refractivity contribution in [1.82, 2.24) is 34.4 Å². The minimum absolute atomic E-state index is 0.00570. The van der Waals surface area contributed by atoms with E-state index in [1.807, 2.05) is 41.3 Å². The second-order valence-electron chi connectivity index (χ2n) is 14.7. The first-order valence-electron chi connectivity index (χ1n) is 18.9. The second-order valence-corrected chi connectivity index (χ2v) is 16.2. The zero-order valence-electron chi connectivity index (χ0n) is 31.5. The minimum Gasteiger partial charge on any atom is -0.493 e. The maximum atomic E-state index is 13.0. The van der Waals surface area contributed by atoms with Crippen LogP contribution in [0, 0.1) is 0 Å². The number of H-pyrrole nitrogens is 1. The number of hydrogen-bond acceptors (Lipinski definition) is 13. The minimum atomic E-state index is -3.89. The quantitative estimate of drug-likeness (QED) is 0.0851. The highest BCUT2D eigenvalue weighted by molar-refractivity contribution is 7.89. The highest BCUT2D eigenvalue weighted by Crippen LogP contribution is 2.41. The van der Waals surface area contributed by atoms with Crippen LogP contribution in [0.3, 0.4) is 0 Å². The van der Waals surface area contributed by atoms with E-state index in [0.717, 1.165) is 15.7 Å². The Morgan fingerprint density at radius 2 is 1.61 bits per heavy atom. The molecule has 8 rings (SSSR count). The van der Waals surface area contributed by atoms with Crippen LogP contribution in [0.4, 0.5) is 22.2 Å². The number of primary sulfonamides is 1. The Kier molecular flexibility index (Phi) is 10.8. The number of aromatic nitrogens is 6. The first-order chi connectivity index (χ1) is 28.4. The van der Waals surface area contributed by atoms with Crippen molar-refractivity contribution in [1.29, 1.82) is 0 Å². The summed E-state index contributed by atoms with van der Waals surface area (Å²) >= 11 is 0. The van der Waals surface area contributed by atoms with E-state index in [-0.39, 0.29) is 29.0 Å². The molecule has 2 amide bonds. The number of nitrogens with two attached hydrogens (primary N) is 1. The van der Waals surface area contributed by atoms with Gasteiger partial charge in [0.2, 0.25) is 21.9 Å². The summed E-state index contributed by atoms with van der Waals surface area (Å²) in [7, 11) is -3.89. The molecule has 0 spiro atoms. The first-order valence-corrected chi connectivity index (χ1v) is 20.5. The largest absolute Gasteiger partial charge is 0.493 e. The molecular weight excluding hydrogens is 783 g/mol. The summed E-state index contributed by atoms with van der Waals surface area (Å²) in [6, 6.07) is 22.9. The fourth-order valence-corrected chi connectivity index (χ4v) is 8.49. The number of anilines is 3. The van der Waals surface area contributed by atoms with Crippen LogP contribution in [-0.4, -0.2) is 102 Å². The molecule has 59 heavy (non-hydrogen) atoms. The third-order valence-electron chi connectivity index (χ3n) is 11.0. The average Bonchev–Trinajstić information content (AvgIpc) is 4.00. The van der Waals surface area contributed by atoms with Gasteiger partial charge in [-0.3, -0.25) is 4.57 Å². The van der Waals surface area contributed by atoms with Crippen molar-refractivity contribution < 1.29 is 33.6 Å². The van der Waals surface area contributed by atoms with Gasteiger partial charge >= 0.3 is 11.7 Å².